The molecule has 0 spiro atoms. The van der Waals surface area contributed by atoms with Crippen LogP contribution in [-0.4, -0.2) is 23.4 Å². The maximum Gasteiger partial charge on any atom is 0.272 e. The average Bonchev–Trinajstić information content (AvgIpc) is 3.04. The topological polar surface area (TPSA) is 75.3 Å². The predicted molar refractivity (Wildman–Crippen MR) is 178 cm³/mol. The number of rotatable bonds is 10. The average molecular weight is 648 g/mol. The highest BCUT2D eigenvalue weighted by atomic mass is 79.9. The predicted octanol–water partition coefficient (Wildman–Crippen LogP) is 8.50. The van der Waals surface area contributed by atoms with Crippen molar-refractivity contribution in [3.05, 3.63) is 160 Å². The van der Waals surface area contributed by atoms with Gasteiger partial charge in [-0.1, -0.05) is 107 Å². The lowest BCUT2D eigenvalue weighted by atomic mass is 10.0. The molecule has 0 radical (unpaired) electrons. The van der Waals surface area contributed by atoms with Gasteiger partial charge in [0.1, 0.15) is 5.70 Å². The molecule has 212 valence electrons. The summed E-state index contributed by atoms with van der Waals surface area (Å²) >= 11 is 4.84. The zero-order valence-corrected chi connectivity index (χ0v) is 25.4. The number of amides is 2. The smallest absolute Gasteiger partial charge is 0.272 e. The number of carbonyl (C=O) groups excluding carboxylic acids is 3. The summed E-state index contributed by atoms with van der Waals surface area (Å²) in [7, 11) is 0. The molecular formula is C36H27BrN2O3S. The lowest BCUT2D eigenvalue weighted by molar-refractivity contribution is -0.113. The normalized spacial score (nSPS) is 11.0. The van der Waals surface area contributed by atoms with Gasteiger partial charge in [0.15, 0.2) is 5.78 Å². The summed E-state index contributed by atoms with van der Waals surface area (Å²) in [5.74, 6) is -0.594. The van der Waals surface area contributed by atoms with Crippen LogP contribution in [0.2, 0.25) is 0 Å². The van der Waals surface area contributed by atoms with Crippen LogP contribution in [0.3, 0.4) is 0 Å². The first-order valence-corrected chi connectivity index (χ1v) is 15.3. The van der Waals surface area contributed by atoms with Crippen molar-refractivity contribution in [3.63, 3.8) is 0 Å². The molecule has 0 aliphatic rings. The zero-order chi connectivity index (χ0) is 30.0. The summed E-state index contributed by atoms with van der Waals surface area (Å²) in [4.78, 5) is 40.0. The first-order valence-electron chi connectivity index (χ1n) is 13.5. The molecule has 2 N–H and O–H groups in total. The maximum absolute atomic E-state index is 13.4. The molecule has 0 atom stereocenters. The van der Waals surface area contributed by atoms with Gasteiger partial charge in [-0.05, 0) is 65.2 Å². The molecule has 2 amide bonds. The van der Waals surface area contributed by atoms with Gasteiger partial charge in [0.2, 0.25) is 0 Å². The van der Waals surface area contributed by atoms with Crippen molar-refractivity contribution in [1.82, 2.24) is 5.32 Å². The molecule has 0 saturated heterocycles. The zero-order valence-electron chi connectivity index (χ0n) is 23.0. The highest BCUT2D eigenvalue weighted by Gasteiger charge is 2.16. The van der Waals surface area contributed by atoms with Crippen molar-refractivity contribution in [2.45, 2.75) is 4.90 Å². The number of nitrogens with one attached hydrogen (secondary N) is 2. The Kier molecular flexibility index (Phi) is 10.00. The molecule has 0 aliphatic carbocycles. The quantitative estimate of drug-likeness (QED) is 0.0906. The first-order chi connectivity index (χ1) is 20.9. The van der Waals surface area contributed by atoms with Gasteiger partial charge in [-0.15, -0.1) is 11.8 Å². The third kappa shape index (κ3) is 8.41. The van der Waals surface area contributed by atoms with Crippen LogP contribution in [0.25, 0.3) is 17.2 Å². The van der Waals surface area contributed by atoms with Crippen molar-refractivity contribution in [2.75, 3.05) is 11.1 Å². The monoisotopic (exact) mass is 646 g/mol. The molecule has 5 aromatic carbocycles. The molecule has 0 fully saturated rings. The van der Waals surface area contributed by atoms with E-state index in [1.807, 2.05) is 103 Å². The molecule has 0 heterocycles. The number of benzene rings is 5. The van der Waals surface area contributed by atoms with Crippen molar-refractivity contribution in [1.29, 1.82) is 0 Å². The van der Waals surface area contributed by atoms with Crippen molar-refractivity contribution < 1.29 is 14.4 Å². The molecule has 5 rings (SSSR count). The largest absolute Gasteiger partial charge is 0.321 e. The summed E-state index contributed by atoms with van der Waals surface area (Å²) in [5, 5.41) is 5.64. The van der Waals surface area contributed by atoms with Crippen LogP contribution in [0.5, 0.6) is 0 Å². The third-order valence-electron chi connectivity index (χ3n) is 6.46. The summed E-state index contributed by atoms with van der Waals surface area (Å²) in [6, 6.07) is 41.1. The van der Waals surface area contributed by atoms with Crippen molar-refractivity contribution >= 4 is 57.1 Å². The fourth-order valence-corrected chi connectivity index (χ4v) is 5.55. The number of carbonyl (C=O) groups is 3. The minimum Gasteiger partial charge on any atom is -0.321 e. The van der Waals surface area contributed by atoms with Crippen LogP contribution in [-0.2, 0) is 4.79 Å². The van der Waals surface area contributed by atoms with Gasteiger partial charge in [0.25, 0.3) is 11.8 Å². The van der Waals surface area contributed by atoms with Gasteiger partial charge < -0.3 is 10.6 Å². The Morgan fingerprint density at radius 3 is 2.07 bits per heavy atom. The van der Waals surface area contributed by atoms with Gasteiger partial charge in [0.05, 0.1) is 5.75 Å². The van der Waals surface area contributed by atoms with Crippen molar-refractivity contribution in [2.24, 2.45) is 0 Å². The summed E-state index contributed by atoms with van der Waals surface area (Å²) in [5.41, 5.74) is 4.63. The Balaban J connectivity index is 1.26. The van der Waals surface area contributed by atoms with E-state index in [0.717, 1.165) is 26.1 Å². The Labute approximate surface area is 263 Å². The van der Waals surface area contributed by atoms with E-state index in [1.165, 1.54) is 11.8 Å². The SMILES string of the molecule is O=C(Nc1cccc(SCC(=O)c2ccc(-c3ccccc3)cc2)c1)/C(=C/c1cccc(Br)c1)NC(=O)c1ccccc1. The number of Topliss-reactive ketones (excluding diaryl/α,β-unsaturated/α-hetero) is 1. The fourth-order valence-electron chi connectivity index (χ4n) is 4.28. The molecule has 5 nitrogen and oxygen atoms in total. The second kappa shape index (κ2) is 14.4. The molecule has 0 bridgehead atoms. The standard InChI is InChI=1S/C36H27BrN2O3S/c37-30-14-7-9-25(21-30)22-33(39-35(41)29-12-5-2-6-13-29)36(42)38-31-15-8-16-32(23-31)43-24-34(40)28-19-17-27(18-20-28)26-10-3-1-4-11-26/h1-23H,24H2,(H,38,42)(H,39,41)/b33-22-. The molecule has 5 aromatic rings. The van der Waals surface area contributed by atoms with Gasteiger partial charge >= 0.3 is 0 Å². The molecule has 0 saturated carbocycles. The minimum atomic E-state index is -0.471. The van der Waals surface area contributed by atoms with E-state index in [1.54, 1.807) is 36.4 Å². The van der Waals surface area contributed by atoms with Crippen LogP contribution in [0.4, 0.5) is 5.69 Å². The van der Waals surface area contributed by atoms with Crippen LogP contribution in [0, 0.1) is 0 Å². The Morgan fingerprint density at radius 2 is 1.35 bits per heavy atom. The number of hydrogen-bond acceptors (Lipinski definition) is 4. The van der Waals surface area contributed by atoms with E-state index in [0.29, 0.717) is 16.8 Å². The maximum atomic E-state index is 13.4. The van der Waals surface area contributed by atoms with E-state index >= 15 is 0 Å². The second-order valence-corrected chi connectivity index (χ2v) is 11.5. The third-order valence-corrected chi connectivity index (χ3v) is 7.95. The van der Waals surface area contributed by atoms with Crippen LogP contribution in [0.15, 0.2) is 149 Å². The molecule has 0 aromatic heterocycles. The number of anilines is 1. The number of halogens is 1. The van der Waals surface area contributed by atoms with E-state index in [2.05, 4.69) is 26.6 Å². The Morgan fingerprint density at radius 1 is 0.674 bits per heavy atom. The molecule has 0 unspecified atom stereocenters. The fraction of sp³-hybridized carbons (Fsp3) is 0.0278. The number of thioether (sulfide) groups is 1. The number of hydrogen-bond donors (Lipinski definition) is 2. The van der Waals surface area contributed by atoms with Gasteiger partial charge in [0, 0.05) is 26.2 Å². The summed E-state index contributed by atoms with van der Waals surface area (Å²) < 4.78 is 0.849. The first kappa shape index (κ1) is 29.8. The van der Waals surface area contributed by atoms with E-state index < -0.39 is 11.8 Å². The van der Waals surface area contributed by atoms with E-state index in [-0.39, 0.29) is 17.2 Å². The van der Waals surface area contributed by atoms with Crippen LogP contribution >= 0.6 is 27.7 Å². The van der Waals surface area contributed by atoms with Crippen LogP contribution < -0.4 is 10.6 Å². The molecule has 7 heteroatoms. The van der Waals surface area contributed by atoms with Crippen LogP contribution in [0.1, 0.15) is 26.3 Å². The lowest BCUT2D eigenvalue weighted by Gasteiger charge is -2.12. The molecular weight excluding hydrogens is 620 g/mol. The van der Waals surface area contributed by atoms with E-state index in [4.69, 9.17) is 0 Å². The molecule has 0 aliphatic heterocycles. The highest BCUT2D eigenvalue weighted by Crippen LogP contribution is 2.25. The van der Waals surface area contributed by atoms with Gasteiger partial charge in [-0.25, -0.2) is 0 Å². The number of ketones is 1. The minimum absolute atomic E-state index is 0.0157. The van der Waals surface area contributed by atoms with Gasteiger partial charge in [-0.3, -0.25) is 14.4 Å². The Bertz CT molecular complexity index is 1770. The summed E-state index contributed by atoms with van der Waals surface area (Å²) in [6.45, 7) is 0. The highest BCUT2D eigenvalue weighted by molar-refractivity contribution is 9.10. The van der Waals surface area contributed by atoms with Crippen molar-refractivity contribution in [3.8, 4) is 11.1 Å². The lowest BCUT2D eigenvalue weighted by Crippen LogP contribution is -2.30. The Hall–Kier alpha value is -4.72. The second-order valence-electron chi connectivity index (χ2n) is 9.57. The van der Waals surface area contributed by atoms with E-state index in [9.17, 15) is 14.4 Å². The molecule has 43 heavy (non-hydrogen) atoms. The summed E-state index contributed by atoms with van der Waals surface area (Å²) in [6.07, 6.45) is 1.63. The van der Waals surface area contributed by atoms with Gasteiger partial charge in [-0.2, -0.15) is 0 Å².